The molecule has 0 bridgehead atoms. The number of hydrogen-bond donors (Lipinski definition) is 2. The quantitative estimate of drug-likeness (QED) is 0.631. The molecule has 3 N–H and O–H groups in total. The third kappa shape index (κ3) is 4.03. The van der Waals surface area contributed by atoms with Gasteiger partial charge in [-0.05, 0) is 23.8 Å². The number of benzene rings is 2. The van der Waals surface area contributed by atoms with Crippen molar-refractivity contribution in [2.75, 3.05) is 5.32 Å². The molecule has 0 aliphatic carbocycles. The molecule has 0 unspecified atom stereocenters. The van der Waals surface area contributed by atoms with E-state index in [4.69, 9.17) is 10.4 Å². The molecule has 0 radical (unpaired) electrons. The lowest BCUT2D eigenvalue weighted by Gasteiger charge is -2.09. The van der Waals surface area contributed by atoms with Crippen molar-refractivity contribution in [2.45, 2.75) is 11.4 Å². The molecule has 2 aromatic carbocycles. The van der Waals surface area contributed by atoms with Gasteiger partial charge in [-0.3, -0.25) is 10.1 Å². The molecule has 118 valence electrons. The molecule has 0 atom stereocenters. The minimum Gasteiger partial charge on any atom is -0.380 e. The van der Waals surface area contributed by atoms with Crippen LogP contribution >= 0.6 is 0 Å². The van der Waals surface area contributed by atoms with E-state index >= 15 is 0 Å². The monoisotopic (exact) mass is 332 g/mol. The van der Waals surface area contributed by atoms with Gasteiger partial charge in [0.2, 0.25) is 10.0 Å². The first kappa shape index (κ1) is 16.4. The average molecular weight is 332 g/mol. The Morgan fingerprint density at radius 3 is 2.61 bits per heavy atom. The molecule has 2 rings (SSSR count). The Labute approximate surface area is 132 Å². The number of nitriles is 1. The van der Waals surface area contributed by atoms with Crippen molar-refractivity contribution in [3.8, 4) is 6.07 Å². The zero-order valence-electron chi connectivity index (χ0n) is 11.8. The smallest absolute Gasteiger partial charge is 0.270 e. The number of hydrogen-bond acceptors (Lipinski definition) is 6. The topological polar surface area (TPSA) is 139 Å². The highest BCUT2D eigenvalue weighted by molar-refractivity contribution is 7.89. The number of nitro benzene ring substituents is 1. The highest BCUT2D eigenvalue weighted by Crippen LogP contribution is 2.22. The SMILES string of the molecule is N#Cc1cc([N+](=O)[O-])ccc1NCc1cccc(S(N)(=O)=O)c1. The Balaban J connectivity index is 2.22. The van der Waals surface area contributed by atoms with Crippen LogP contribution in [-0.2, 0) is 16.6 Å². The Bertz CT molecular complexity index is 903. The summed E-state index contributed by atoms with van der Waals surface area (Å²) in [6.07, 6.45) is 0. The second-order valence-electron chi connectivity index (χ2n) is 4.64. The summed E-state index contributed by atoms with van der Waals surface area (Å²) in [5, 5.41) is 27.8. The molecule has 0 spiro atoms. The van der Waals surface area contributed by atoms with E-state index in [0.29, 0.717) is 11.3 Å². The number of non-ortho nitro benzene ring substituents is 1. The van der Waals surface area contributed by atoms with Crippen molar-refractivity contribution in [3.05, 3.63) is 63.7 Å². The number of nitro groups is 1. The Kier molecular flexibility index (Phi) is 4.59. The molecule has 0 saturated heterocycles. The predicted molar refractivity (Wildman–Crippen MR) is 83.0 cm³/mol. The van der Waals surface area contributed by atoms with Gasteiger partial charge in [0.25, 0.3) is 5.69 Å². The zero-order chi connectivity index (χ0) is 17.0. The Morgan fingerprint density at radius 1 is 1.26 bits per heavy atom. The van der Waals surface area contributed by atoms with Gasteiger partial charge in [-0.25, -0.2) is 13.6 Å². The van der Waals surface area contributed by atoms with Crippen molar-refractivity contribution in [3.63, 3.8) is 0 Å². The number of nitrogens with two attached hydrogens (primary N) is 1. The number of nitrogens with one attached hydrogen (secondary N) is 1. The number of rotatable bonds is 5. The molecule has 0 aliphatic rings. The fourth-order valence-corrected chi connectivity index (χ4v) is 2.51. The minimum absolute atomic E-state index is 0.0130. The summed E-state index contributed by atoms with van der Waals surface area (Å²) < 4.78 is 22.6. The van der Waals surface area contributed by atoms with Gasteiger partial charge in [0, 0.05) is 18.7 Å². The van der Waals surface area contributed by atoms with E-state index in [1.54, 1.807) is 12.1 Å². The summed E-state index contributed by atoms with van der Waals surface area (Å²) in [5.74, 6) is 0. The molecule has 2 aromatic rings. The third-order valence-electron chi connectivity index (χ3n) is 3.04. The molecule has 0 aliphatic heterocycles. The lowest BCUT2D eigenvalue weighted by molar-refractivity contribution is -0.384. The van der Waals surface area contributed by atoms with Gasteiger partial charge in [-0.1, -0.05) is 12.1 Å². The summed E-state index contributed by atoms with van der Waals surface area (Å²) in [5.41, 5.74) is 1.00. The maximum absolute atomic E-state index is 11.3. The highest BCUT2D eigenvalue weighted by atomic mass is 32.2. The highest BCUT2D eigenvalue weighted by Gasteiger charge is 2.11. The molecule has 0 amide bonds. The van der Waals surface area contributed by atoms with Crippen LogP contribution in [0.25, 0.3) is 0 Å². The number of nitrogens with zero attached hydrogens (tertiary/aromatic N) is 2. The van der Waals surface area contributed by atoms with Crippen LogP contribution in [0.2, 0.25) is 0 Å². The van der Waals surface area contributed by atoms with Gasteiger partial charge < -0.3 is 5.32 Å². The van der Waals surface area contributed by atoms with Crippen LogP contribution in [0.3, 0.4) is 0 Å². The first-order valence-corrected chi connectivity index (χ1v) is 7.90. The number of sulfonamides is 1. The van der Waals surface area contributed by atoms with E-state index in [9.17, 15) is 18.5 Å². The van der Waals surface area contributed by atoms with Crippen molar-refractivity contribution >= 4 is 21.4 Å². The van der Waals surface area contributed by atoms with Crippen molar-refractivity contribution < 1.29 is 13.3 Å². The van der Waals surface area contributed by atoms with Crippen LogP contribution in [0.4, 0.5) is 11.4 Å². The van der Waals surface area contributed by atoms with E-state index in [2.05, 4.69) is 5.32 Å². The number of primary sulfonamides is 1. The fourth-order valence-electron chi connectivity index (χ4n) is 1.92. The molecule has 0 saturated carbocycles. The summed E-state index contributed by atoms with van der Waals surface area (Å²) in [7, 11) is -3.79. The molecule has 9 heteroatoms. The van der Waals surface area contributed by atoms with Gasteiger partial charge in [0.1, 0.15) is 6.07 Å². The Hall–Kier alpha value is -2.96. The molecule has 0 fully saturated rings. The van der Waals surface area contributed by atoms with Crippen LogP contribution in [-0.4, -0.2) is 13.3 Å². The van der Waals surface area contributed by atoms with Crippen LogP contribution < -0.4 is 10.5 Å². The van der Waals surface area contributed by atoms with Crippen LogP contribution in [0, 0.1) is 21.4 Å². The number of anilines is 1. The van der Waals surface area contributed by atoms with E-state index < -0.39 is 14.9 Å². The molecule has 8 nitrogen and oxygen atoms in total. The van der Waals surface area contributed by atoms with E-state index in [1.807, 2.05) is 6.07 Å². The zero-order valence-corrected chi connectivity index (χ0v) is 12.6. The van der Waals surface area contributed by atoms with Gasteiger partial charge in [-0.15, -0.1) is 0 Å². The Morgan fingerprint density at radius 2 is 2.00 bits per heavy atom. The second-order valence-corrected chi connectivity index (χ2v) is 6.21. The van der Waals surface area contributed by atoms with Crippen molar-refractivity contribution in [1.29, 1.82) is 5.26 Å². The van der Waals surface area contributed by atoms with E-state index in [0.717, 1.165) is 0 Å². The largest absolute Gasteiger partial charge is 0.380 e. The summed E-state index contributed by atoms with van der Waals surface area (Å²) in [6.45, 7) is 0.232. The van der Waals surface area contributed by atoms with E-state index in [-0.39, 0.29) is 22.7 Å². The third-order valence-corrected chi connectivity index (χ3v) is 3.96. The summed E-state index contributed by atoms with van der Waals surface area (Å²) >= 11 is 0. The standard InChI is InChI=1S/C14H12N4O4S/c15-8-11-7-12(18(19)20)4-5-14(11)17-9-10-2-1-3-13(6-10)23(16,21)22/h1-7,17H,9H2,(H2,16,21,22). The molecule has 0 heterocycles. The van der Waals surface area contributed by atoms with Crippen molar-refractivity contribution in [1.82, 2.24) is 0 Å². The maximum atomic E-state index is 11.3. The molecule has 0 aromatic heterocycles. The minimum atomic E-state index is -3.79. The van der Waals surface area contributed by atoms with Crippen LogP contribution in [0.15, 0.2) is 47.4 Å². The van der Waals surface area contributed by atoms with Gasteiger partial charge in [0.15, 0.2) is 0 Å². The molecular weight excluding hydrogens is 320 g/mol. The van der Waals surface area contributed by atoms with Gasteiger partial charge in [-0.2, -0.15) is 5.26 Å². The lowest BCUT2D eigenvalue weighted by Crippen LogP contribution is -2.12. The summed E-state index contributed by atoms with van der Waals surface area (Å²) in [6, 6.07) is 11.8. The summed E-state index contributed by atoms with van der Waals surface area (Å²) in [4.78, 5) is 10.1. The van der Waals surface area contributed by atoms with Crippen molar-refractivity contribution in [2.24, 2.45) is 5.14 Å². The van der Waals surface area contributed by atoms with Crippen LogP contribution in [0.1, 0.15) is 11.1 Å². The fraction of sp³-hybridized carbons (Fsp3) is 0.0714. The van der Waals surface area contributed by atoms with Gasteiger partial charge in [0.05, 0.1) is 21.1 Å². The maximum Gasteiger partial charge on any atom is 0.270 e. The van der Waals surface area contributed by atoms with Gasteiger partial charge >= 0.3 is 0 Å². The first-order chi connectivity index (χ1) is 10.8. The normalized spacial score (nSPS) is 10.8. The molecular formula is C14H12N4O4S. The first-order valence-electron chi connectivity index (χ1n) is 6.35. The molecule has 23 heavy (non-hydrogen) atoms. The predicted octanol–water partition coefficient (Wildman–Crippen LogP) is 1.73. The average Bonchev–Trinajstić information content (AvgIpc) is 2.52. The van der Waals surface area contributed by atoms with E-state index in [1.165, 1.54) is 30.3 Å². The van der Waals surface area contributed by atoms with Crippen LogP contribution in [0.5, 0.6) is 0 Å². The lowest BCUT2D eigenvalue weighted by atomic mass is 10.1. The second kappa shape index (κ2) is 6.43.